The third-order valence-electron chi connectivity index (χ3n) is 5.91. The van der Waals surface area contributed by atoms with E-state index < -0.39 is 10.8 Å². The predicted octanol–water partition coefficient (Wildman–Crippen LogP) is 5.30. The highest BCUT2D eigenvalue weighted by Crippen LogP contribution is 2.24. The Bertz CT molecular complexity index is 1220. The van der Waals surface area contributed by atoms with Crippen LogP contribution in [0.15, 0.2) is 66.7 Å². The average molecular weight is 459 g/mol. The fourth-order valence-corrected chi connectivity index (χ4v) is 3.96. The predicted molar refractivity (Wildman–Crippen MR) is 131 cm³/mol. The number of benzene rings is 3. The number of anilines is 2. The van der Waals surface area contributed by atoms with E-state index in [-0.39, 0.29) is 17.3 Å². The zero-order chi connectivity index (χ0) is 24.2. The summed E-state index contributed by atoms with van der Waals surface area (Å²) >= 11 is 0. The lowest BCUT2D eigenvalue weighted by molar-refractivity contribution is -0.385. The molecule has 1 N–H and O–H groups in total. The first-order chi connectivity index (χ1) is 16.3. The van der Waals surface area contributed by atoms with Crippen LogP contribution < -0.4 is 10.2 Å². The molecule has 0 bridgehead atoms. The van der Waals surface area contributed by atoms with E-state index in [1.807, 2.05) is 36.1 Å². The highest BCUT2D eigenvalue weighted by molar-refractivity contribution is 6.05. The van der Waals surface area contributed by atoms with Crippen LogP contribution in [0.1, 0.15) is 33.5 Å². The van der Waals surface area contributed by atoms with Crippen LogP contribution in [0.3, 0.4) is 0 Å². The second-order valence-electron chi connectivity index (χ2n) is 8.45. The summed E-state index contributed by atoms with van der Waals surface area (Å²) in [6.07, 6.45) is 0.863. The minimum atomic E-state index is -0.501. The molecule has 1 heterocycles. The van der Waals surface area contributed by atoms with E-state index in [0.29, 0.717) is 30.9 Å². The summed E-state index contributed by atoms with van der Waals surface area (Å²) in [7, 11) is 0. The van der Waals surface area contributed by atoms with Crippen molar-refractivity contribution >= 4 is 29.0 Å². The van der Waals surface area contributed by atoms with Gasteiger partial charge in [0.1, 0.15) is 0 Å². The summed E-state index contributed by atoms with van der Waals surface area (Å²) < 4.78 is 0. The van der Waals surface area contributed by atoms with Gasteiger partial charge in [-0.15, -0.1) is 0 Å². The van der Waals surface area contributed by atoms with Crippen molar-refractivity contribution in [3.63, 3.8) is 0 Å². The quantitative estimate of drug-likeness (QED) is 0.401. The summed E-state index contributed by atoms with van der Waals surface area (Å²) in [5.41, 5.74) is 4.17. The molecule has 0 spiro atoms. The van der Waals surface area contributed by atoms with E-state index in [1.54, 1.807) is 48.2 Å². The van der Waals surface area contributed by atoms with Crippen molar-refractivity contribution in [2.45, 2.75) is 26.8 Å². The minimum absolute atomic E-state index is 0.0458. The second-order valence-corrected chi connectivity index (χ2v) is 8.45. The van der Waals surface area contributed by atoms with Crippen molar-refractivity contribution in [1.29, 1.82) is 0 Å². The van der Waals surface area contributed by atoms with Gasteiger partial charge >= 0.3 is 6.03 Å². The fourth-order valence-electron chi connectivity index (χ4n) is 3.96. The van der Waals surface area contributed by atoms with Crippen LogP contribution in [0.25, 0.3) is 0 Å². The SMILES string of the molecule is Cc1ccc(CN2CCCN(c3ccc(NC(=O)c4ccc(C)c([N+](=O)[O-])c4)cc3)C2=O)cc1. The van der Waals surface area contributed by atoms with E-state index in [1.165, 1.54) is 11.6 Å². The number of aryl methyl sites for hydroxylation is 2. The first-order valence-electron chi connectivity index (χ1n) is 11.1. The molecular formula is C26H26N4O4. The Kier molecular flexibility index (Phi) is 6.58. The zero-order valence-electron chi connectivity index (χ0n) is 19.2. The van der Waals surface area contributed by atoms with Crippen LogP contribution in [0.2, 0.25) is 0 Å². The first-order valence-corrected chi connectivity index (χ1v) is 11.1. The van der Waals surface area contributed by atoms with E-state index in [9.17, 15) is 19.7 Å². The molecule has 1 fully saturated rings. The monoisotopic (exact) mass is 458 g/mol. The Morgan fingerprint density at radius 2 is 1.71 bits per heavy atom. The highest BCUT2D eigenvalue weighted by Gasteiger charge is 2.26. The zero-order valence-corrected chi connectivity index (χ0v) is 19.2. The Balaban J connectivity index is 1.43. The first kappa shape index (κ1) is 23.0. The van der Waals surface area contributed by atoms with Gasteiger partial charge in [-0.3, -0.25) is 19.8 Å². The number of amides is 3. The molecule has 8 nitrogen and oxygen atoms in total. The van der Waals surface area contributed by atoms with Gasteiger partial charge < -0.3 is 10.2 Å². The van der Waals surface area contributed by atoms with Crippen molar-refractivity contribution < 1.29 is 14.5 Å². The average Bonchev–Trinajstić information content (AvgIpc) is 2.82. The Hall–Kier alpha value is -4.20. The number of nitrogens with one attached hydrogen (secondary N) is 1. The van der Waals surface area contributed by atoms with Gasteiger partial charge in [0.15, 0.2) is 0 Å². The molecule has 0 radical (unpaired) electrons. The summed E-state index contributed by atoms with van der Waals surface area (Å²) in [5.74, 6) is -0.436. The third kappa shape index (κ3) is 5.06. The number of carbonyl (C=O) groups excluding carboxylic acids is 2. The van der Waals surface area contributed by atoms with Gasteiger partial charge in [0.05, 0.1) is 4.92 Å². The maximum absolute atomic E-state index is 13.1. The third-order valence-corrected chi connectivity index (χ3v) is 5.91. The van der Waals surface area contributed by atoms with E-state index >= 15 is 0 Å². The lowest BCUT2D eigenvalue weighted by atomic mass is 10.1. The Morgan fingerprint density at radius 3 is 2.38 bits per heavy atom. The van der Waals surface area contributed by atoms with Crippen molar-refractivity contribution in [2.75, 3.05) is 23.3 Å². The maximum Gasteiger partial charge on any atom is 0.324 e. The van der Waals surface area contributed by atoms with Gasteiger partial charge in [0.25, 0.3) is 11.6 Å². The fraction of sp³-hybridized carbons (Fsp3) is 0.231. The molecule has 3 amide bonds. The van der Waals surface area contributed by atoms with Crippen LogP contribution in [-0.4, -0.2) is 34.9 Å². The van der Waals surface area contributed by atoms with Gasteiger partial charge in [0.2, 0.25) is 0 Å². The van der Waals surface area contributed by atoms with Crippen LogP contribution in [-0.2, 0) is 6.54 Å². The topological polar surface area (TPSA) is 95.8 Å². The van der Waals surface area contributed by atoms with Crippen LogP contribution in [0.5, 0.6) is 0 Å². The molecule has 3 aromatic rings. The summed E-state index contributed by atoms with van der Waals surface area (Å²) in [6, 6.07) is 19.5. The number of rotatable bonds is 6. The number of hydrogen-bond donors (Lipinski definition) is 1. The van der Waals surface area contributed by atoms with E-state index in [2.05, 4.69) is 5.32 Å². The van der Waals surface area contributed by atoms with Crippen LogP contribution >= 0.6 is 0 Å². The van der Waals surface area contributed by atoms with Gasteiger partial charge in [0, 0.05) is 48.2 Å². The van der Waals surface area contributed by atoms with Gasteiger partial charge in [-0.05, 0) is 56.2 Å². The molecule has 0 unspecified atom stereocenters. The molecule has 4 rings (SSSR count). The standard InChI is InChI=1S/C26H26N4O4/c1-18-4-7-20(8-5-18)17-28-14-3-15-29(26(28)32)23-12-10-22(11-13-23)27-25(31)21-9-6-19(2)24(16-21)30(33)34/h4-13,16H,3,14-15,17H2,1-2H3,(H,27,31). The summed E-state index contributed by atoms with van der Waals surface area (Å²) in [6.45, 7) is 5.56. The van der Waals surface area contributed by atoms with Gasteiger partial charge in [-0.25, -0.2) is 4.79 Å². The molecule has 34 heavy (non-hydrogen) atoms. The normalized spacial score (nSPS) is 13.6. The lowest BCUT2D eigenvalue weighted by Gasteiger charge is -2.35. The van der Waals surface area contributed by atoms with E-state index in [4.69, 9.17) is 0 Å². The van der Waals surface area contributed by atoms with Crippen molar-refractivity contribution in [1.82, 2.24) is 4.90 Å². The summed E-state index contributed by atoms with van der Waals surface area (Å²) in [5, 5.41) is 13.9. The molecule has 1 aliphatic rings. The lowest BCUT2D eigenvalue weighted by Crippen LogP contribution is -2.49. The smallest absolute Gasteiger partial charge is 0.322 e. The minimum Gasteiger partial charge on any atom is -0.322 e. The molecule has 8 heteroatoms. The highest BCUT2D eigenvalue weighted by atomic mass is 16.6. The molecule has 3 aromatic carbocycles. The molecule has 0 atom stereocenters. The number of hydrogen-bond acceptors (Lipinski definition) is 4. The molecule has 0 aromatic heterocycles. The van der Waals surface area contributed by atoms with E-state index in [0.717, 1.165) is 17.7 Å². The number of urea groups is 1. The number of nitro groups is 1. The Morgan fingerprint density at radius 1 is 1.00 bits per heavy atom. The molecule has 174 valence electrons. The van der Waals surface area contributed by atoms with Crippen molar-refractivity contribution in [3.8, 4) is 0 Å². The largest absolute Gasteiger partial charge is 0.324 e. The van der Waals surface area contributed by atoms with Gasteiger partial charge in [-0.1, -0.05) is 35.9 Å². The number of carbonyl (C=O) groups is 2. The second kappa shape index (κ2) is 9.74. The van der Waals surface area contributed by atoms with Crippen molar-refractivity contribution in [2.24, 2.45) is 0 Å². The number of nitro benzene ring substituents is 1. The van der Waals surface area contributed by atoms with Crippen LogP contribution in [0, 0.1) is 24.0 Å². The number of nitrogens with zero attached hydrogens (tertiary/aromatic N) is 3. The summed E-state index contributed by atoms with van der Waals surface area (Å²) in [4.78, 5) is 39.9. The molecule has 0 saturated carbocycles. The molecular weight excluding hydrogens is 432 g/mol. The van der Waals surface area contributed by atoms with Crippen LogP contribution in [0.4, 0.5) is 21.9 Å². The molecule has 1 aliphatic heterocycles. The Labute approximate surface area is 198 Å². The molecule has 1 saturated heterocycles. The van der Waals surface area contributed by atoms with Crippen molar-refractivity contribution in [3.05, 3.63) is 99.1 Å². The van der Waals surface area contributed by atoms with Gasteiger partial charge in [-0.2, -0.15) is 0 Å². The molecule has 0 aliphatic carbocycles. The maximum atomic E-state index is 13.1.